The number of nitrogens with zero attached hydrogens (tertiary/aromatic N) is 1. The summed E-state index contributed by atoms with van der Waals surface area (Å²) in [4.78, 5) is 15.1. The first-order valence-electron chi connectivity index (χ1n) is 11.4. The Labute approximate surface area is 194 Å². The molecule has 1 unspecified atom stereocenters. The number of likely N-dealkylation sites (tertiary alicyclic amines) is 1. The van der Waals surface area contributed by atoms with Crippen LogP contribution in [0.4, 0.5) is 0 Å². The molecule has 1 aliphatic rings. The van der Waals surface area contributed by atoms with E-state index in [1.165, 1.54) is 35.1 Å². The minimum Gasteiger partial charge on any atom is -0.492 e. The van der Waals surface area contributed by atoms with Crippen molar-refractivity contribution in [1.29, 1.82) is 0 Å². The lowest BCUT2D eigenvalue weighted by Crippen LogP contribution is -2.35. The minimum atomic E-state index is -0.129. The van der Waals surface area contributed by atoms with Crippen molar-refractivity contribution in [2.75, 3.05) is 26.8 Å². The number of methoxy groups -OCH3 is 1. The van der Waals surface area contributed by atoms with Gasteiger partial charge >= 0.3 is 5.97 Å². The van der Waals surface area contributed by atoms with Crippen LogP contribution in [0.15, 0.2) is 66.0 Å². The van der Waals surface area contributed by atoms with Crippen molar-refractivity contribution in [3.63, 3.8) is 0 Å². The predicted molar refractivity (Wildman–Crippen MR) is 130 cm³/mol. The number of esters is 1. The maximum Gasteiger partial charge on any atom is 0.305 e. The van der Waals surface area contributed by atoms with Gasteiger partial charge in [-0.1, -0.05) is 42.5 Å². The van der Waals surface area contributed by atoms with Crippen LogP contribution in [0, 0.1) is 0 Å². The lowest BCUT2D eigenvalue weighted by atomic mass is 10.0. The molecular formula is C27H31NO3S. The number of carbonyl (C=O) groups excluding carboxylic acids is 1. The van der Waals surface area contributed by atoms with Crippen LogP contribution in [0.25, 0.3) is 10.4 Å². The summed E-state index contributed by atoms with van der Waals surface area (Å²) in [6.07, 6.45) is 4.58. The third-order valence-corrected chi connectivity index (χ3v) is 7.01. The highest BCUT2D eigenvalue weighted by molar-refractivity contribution is 7.13. The third-order valence-electron chi connectivity index (χ3n) is 6.09. The van der Waals surface area contributed by atoms with Gasteiger partial charge in [-0.2, -0.15) is 0 Å². The fraction of sp³-hybridized carbons (Fsp3) is 0.370. The van der Waals surface area contributed by atoms with Gasteiger partial charge in [0.25, 0.3) is 0 Å². The number of hydrogen-bond acceptors (Lipinski definition) is 5. The number of benzene rings is 2. The fourth-order valence-corrected chi connectivity index (χ4v) is 5.00. The standard InChI is InChI=1S/C27H31NO3S/c1-30-27(29)7-3-17-28-16-2-5-24(28)20-31-25-14-10-22(11-15-25)19-21-8-12-23(13-9-21)26-6-4-18-32-26/h4,6,8-15,18,24H,2-3,5,7,16-17,19-20H2,1H3. The maximum absolute atomic E-state index is 11.3. The van der Waals surface area contributed by atoms with E-state index in [1.807, 2.05) is 0 Å². The molecule has 2 aromatic carbocycles. The van der Waals surface area contributed by atoms with Gasteiger partial charge in [0.1, 0.15) is 12.4 Å². The van der Waals surface area contributed by atoms with E-state index in [-0.39, 0.29) is 5.97 Å². The van der Waals surface area contributed by atoms with Crippen molar-refractivity contribution in [2.24, 2.45) is 0 Å². The molecule has 0 N–H and O–H groups in total. The molecule has 1 aliphatic heterocycles. The normalized spacial score (nSPS) is 16.2. The van der Waals surface area contributed by atoms with E-state index in [9.17, 15) is 4.79 Å². The van der Waals surface area contributed by atoms with Gasteiger partial charge < -0.3 is 9.47 Å². The zero-order chi connectivity index (χ0) is 22.2. The molecule has 1 fully saturated rings. The van der Waals surface area contributed by atoms with Gasteiger partial charge in [0, 0.05) is 17.3 Å². The Morgan fingerprint density at radius 1 is 1.06 bits per heavy atom. The molecule has 0 bridgehead atoms. The highest BCUT2D eigenvalue weighted by Gasteiger charge is 2.24. The molecular weight excluding hydrogens is 418 g/mol. The molecule has 1 saturated heterocycles. The first-order valence-corrected chi connectivity index (χ1v) is 12.2. The molecule has 4 nitrogen and oxygen atoms in total. The van der Waals surface area contributed by atoms with E-state index in [0.717, 1.165) is 38.1 Å². The monoisotopic (exact) mass is 449 g/mol. The number of thiophene rings is 1. The Morgan fingerprint density at radius 2 is 1.81 bits per heavy atom. The van der Waals surface area contributed by atoms with Gasteiger partial charge in [-0.3, -0.25) is 9.69 Å². The van der Waals surface area contributed by atoms with Crippen LogP contribution in [0.3, 0.4) is 0 Å². The Bertz CT molecular complexity index is 967. The van der Waals surface area contributed by atoms with Crippen LogP contribution in [-0.2, 0) is 16.0 Å². The van der Waals surface area contributed by atoms with Gasteiger partial charge in [-0.15, -0.1) is 11.3 Å². The van der Waals surface area contributed by atoms with Gasteiger partial charge in [-0.25, -0.2) is 0 Å². The van der Waals surface area contributed by atoms with Gasteiger partial charge in [-0.05, 0) is 79.0 Å². The number of hydrogen-bond donors (Lipinski definition) is 0. The molecule has 5 heteroatoms. The highest BCUT2D eigenvalue weighted by atomic mass is 32.1. The van der Waals surface area contributed by atoms with Gasteiger partial charge in [0.2, 0.25) is 0 Å². The molecule has 32 heavy (non-hydrogen) atoms. The van der Waals surface area contributed by atoms with Crippen LogP contribution in [0.2, 0.25) is 0 Å². The lowest BCUT2D eigenvalue weighted by molar-refractivity contribution is -0.140. The Morgan fingerprint density at radius 3 is 2.50 bits per heavy atom. The minimum absolute atomic E-state index is 0.129. The predicted octanol–water partition coefficient (Wildman–Crippen LogP) is 5.80. The average Bonchev–Trinajstić information content (AvgIpc) is 3.51. The summed E-state index contributed by atoms with van der Waals surface area (Å²) in [6.45, 7) is 2.70. The van der Waals surface area contributed by atoms with Crippen molar-refractivity contribution >= 4 is 17.3 Å². The first kappa shape index (κ1) is 22.6. The smallest absolute Gasteiger partial charge is 0.305 e. The summed E-state index contributed by atoms with van der Waals surface area (Å²) in [5.74, 6) is 0.791. The summed E-state index contributed by atoms with van der Waals surface area (Å²) in [7, 11) is 1.45. The van der Waals surface area contributed by atoms with E-state index >= 15 is 0 Å². The van der Waals surface area contributed by atoms with E-state index in [1.54, 1.807) is 11.3 Å². The summed E-state index contributed by atoms with van der Waals surface area (Å²) in [5, 5.41) is 2.11. The third kappa shape index (κ3) is 6.21. The van der Waals surface area contributed by atoms with Crippen molar-refractivity contribution in [2.45, 2.75) is 38.1 Å². The van der Waals surface area contributed by atoms with E-state index in [0.29, 0.717) is 19.1 Å². The topological polar surface area (TPSA) is 38.8 Å². The Hall–Kier alpha value is -2.63. The van der Waals surface area contributed by atoms with Crippen molar-refractivity contribution in [3.8, 4) is 16.2 Å². The average molecular weight is 450 g/mol. The molecule has 0 saturated carbocycles. The van der Waals surface area contributed by atoms with Crippen LogP contribution in [0.5, 0.6) is 5.75 Å². The van der Waals surface area contributed by atoms with E-state index in [4.69, 9.17) is 9.47 Å². The van der Waals surface area contributed by atoms with Crippen LogP contribution < -0.4 is 4.74 Å². The number of carbonyl (C=O) groups is 1. The Balaban J connectivity index is 1.24. The molecule has 168 valence electrons. The second kappa shape index (κ2) is 11.3. The molecule has 0 amide bonds. The number of ether oxygens (including phenoxy) is 2. The molecule has 1 atom stereocenters. The van der Waals surface area contributed by atoms with Crippen molar-refractivity contribution < 1.29 is 14.3 Å². The SMILES string of the molecule is COC(=O)CCCN1CCCC1COc1ccc(Cc2ccc(-c3cccs3)cc2)cc1. The quantitative estimate of drug-likeness (QED) is 0.367. The second-order valence-electron chi connectivity index (χ2n) is 8.32. The lowest BCUT2D eigenvalue weighted by Gasteiger charge is -2.24. The van der Waals surface area contributed by atoms with Crippen molar-refractivity contribution in [1.82, 2.24) is 4.90 Å². The second-order valence-corrected chi connectivity index (χ2v) is 9.27. The molecule has 0 radical (unpaired) electrons. The zero-order valence-electron chi connectivity index (χ0n) is 18.7. The largest absolute Gasteiger partial charge is 0.492 e. The number of rotatable bonds is 10. The van der Waals surface area contributed by atoms with Crippen LogP contribution in [-0.4, -0.2) is 43.7 Å². The molecule has 2 heterocycles. The summed E-state index contributed by atoms with van der Waals surface area (Å²) in [6, 6.07) is 22.0. The fourth-order valence-electron chi connectivity index (χ4n) is 4.27. The van der Waals surface area contributed by atoms with Gasteiger partial charge in [0.15, 0.2) is 0 Å². The summed E-state index contributed by atoms with van der Waals surface area (Å²) >= 11 is 1.77. The molecule has 0 aliphatic carbocycles. The van der Waals surface area contributed by atoms with Crippen LogP contribution >= 0.6 is 11.3 Å². The molecule has 4 rings (SSSR count). The molecule has 1 aromatic heterocycles. The summed E-state index contributed by atoms with van der Waals surface area (Å²) in [5.41, 5.74) is 3.87. The van der Waals surface area contributed by atoms with E-state index in [2.05, 4.69) is 70.9 Å². The Kier molecular flexibility index (Phi) is 7.97. The maximum atomic E-state index is 11.3. The molecule has 3 aromatic rings. The van der Waals surface area contributed by atoms with Crippen molar-refractivity contribution in [3.05, 3.63) is 77.2 Å². The highest BCUT2D eigenvalue weighted by Crippen LogP contribution is 2.26. The van der Waals surface area contributed by atoms with Crippen LogP contribution in [0.1, 0.15) is 36.8 Å². The van der Waals surface area contributed by atoms with Gasteiger partial charge in [0.05, 0.1) is 7.11 Å². The van der Waals surface area contributed by atoms with E-state index < -0.39 is 0 Å². The zero-order valence-corrected chi connectivity index (χ0v) is 19.5. The summed E-state index contributed by atoms with van der Waals surface area (Å²) < 4.78 is 10.8. The first-order chi connectivity index (χ1) is 15.7. The molecule has 0 spiro atoms.